The van der Waals surface area contributed by atoms with E-state index in [4.69, 9.17) is 23.2 Å². The van der Waals surface area contributed by atoms with Gasteiger partial charge in [-0.1, -0.05) is 52.5 Å². The lowest BCUT2D eigenvalue weighted by atomic mass is 10.1. The molecule has 1 aromatic carbocycles. The molecule has 1 aromatic rings. The molecule has 0 aliphatic heterocycles. The average Bonchev–Trinajstić information content (AvgIpc) is 2.57. The summed E-state index contributed by atoms with van der Waals surface area (Å²) in [5.41, 5.74) is 0.866. The van der Waals surface area contributed by atoms with Crippen LogP contribution in [0.5, 0.6) is 0 Å². The van der Waals surface area contributed by atoms with Crippen molar-refractivity contribution in [1.29, 1.82) is 0 Å². The third kappa shape index (κ3) is 2.66. The highest BCUT2D eigenvalue weighted by atomic mass is 79.9. The molecule has 4 heteroatoms. The van der Waals surface area contributed by atoms with Gasteiger partial charge in [0.2, 0.25) is 0 Å². The lowest BCUT2D eigenvalue weighted by molar-refractivity contribution is 0.556. The molecule has 1 aliphatic rings. The first-order valence-electron chi connectivity index (χ1n) is 5.49. The summed E-state index contributed by atoms with van der Waals surface area (Å²) in [5.74, 6) is 0.691. The molecule has 0 amide bonds. The fourth-order valence-corrected chi connectivity index (χ4v) is 3.54. The van der Waals surface area contributed by atoms with Crippen LogP contribution < -0.4 is 5.32 Å². The Hall–Kier alpha value is 0.0800. The summed E-state index contributed by atoms with van der Waals surface area (Å²) in [4.78, 5) is 0. The Kier molecular flexibility index (Phi) is 4.04. The molecule has 0 saturated heterocycles. The molecule has 0 radical (unpaired) electrons. The second kappa shape index (κ2) is 5.16. The molecule has 0 aromatic heterocycles. The van der Waals surface area contributed by atoms with Crippen LogP contribution in [-0.4, -0.2) is 6.04 Å². The molecule has 88 valence electrons. The van der Waals surface area contributed by atoms with Gasteiger partial charge in [-0.05, 0) is 30.9 Å². The van der Waals surface area contributed by atoms with E-state index in [2.05, 4.69) is 28.2 Å². The van der Waals surface area contributed by atoms with E-state index in [1.807, 2.05) is 12.1 Å². The Labute approximate surface area is 115 Å². The van der Waals surface area contributed by atoms with Gasteiger partial charge in [0.15, 0.2) is 0 Å². The summed E-state index contributed by atoms with van der Waals surface area (Å²) >= 11 is 15.7. The SMILES string of the molecule is CC1CCCC1Nc1c(Cl)cc(Br)cc1Cl. The summed E-state index contributed by atoms with van der Waals surface area (Å²) < 4.78 is 0.910. The van der Waals surface area contributed by atoms with Crippen LogP contribution in [-0.2, 0) is 0 Å². The summed E-state index contributed by atoms with van der Waals surface area (Å²) in [6.45, 7) is 2.27. The first-order valence-corrected chi connectivity index (χ1v) is 7.04. The molecule has 1 nitrogen and oxygen atoms in total. The Balaban J connectivity index is 2.21. The number of hydrogen-bond acceptors (Lipinski definition) is 1. The number of rotatable bonds is 2. The normalized spacial score (nSPS) is 24.8. The zero-order valence-corrected chi connectivity index (χ0v) is 12.2. The van der Waals surface area contributed by atoms with Crippen LogP contribution in [0.2, 0.25) is 10.0 Å². The summed E-state index contributed by atoms with van der Waals surface area (Å²) in [7, 11) is 0. The zero-order chi connectivity index (χ0) is 11.7. The standard InChI is InChI=1S/C12H14BrCl2N/c1-7-3-2-4-11(7)16-12-9(14)5-8(13)6-10(12)15/h5-7,11,16H,2-4H2,1H3. The van der Waals surface area contributed by atoms with Crippen LogP contribution in [0, 0.1) is 5.92 Å². The third-order valence-corrected chi connectivity index (χ3v) is 4.25. The minimum atomic E-state index is 0.496. The first-order chi connectivity index (χ1) is 7.58. The average molecular weight is 323 g/mol. The first kappa shape index (κ1) is 12.5. The molecule has 1 fully saturated rings. The second-order valence-corrected chi connectivity index (χ2v) is 6.13. The van der Waals surface area contributed by atoms with Crippen LogP contribution >= 0.6 is 39.1 Å². The van der Waals surface area contributed by atoms with Crippen molar-refractivity contribution in [3.8, 4) is 0 Å². The Morgan fingerprint density at radius 3 is 2.38 bits per heavy atom. The van der Waals surface area contributed by atoms with Gasteiger partial charge in [0.25, 0.3) is 0 Å². The van der Waals surface area contributed by atoms with Crippen molar-refractivity contribution in [1.82, 2.24) is 0 Å². The van der Waals surface area contributed by atoms with Gasteiger partial charge in [0.05, 0.1) is 15.7 Å². The highest BCUT2D eigenvalue weighted by molar-refractivity contribution is 9.10. The van der Waals surface area contributed by atoms with Crippen LogP contribution in [0.15, 0.2) is 16.6 Å². The minimum absolute atomic E-state index is 0.496. The van der Waals surface area contributed by atoms with Gasteiger partial charge in [-0.15, -0.1) is 0 Å². The van der Waals surface area contributed by atoms with Gasteiger partial charge in [-0.25, -0.2) is 0 Å². The third-order valence-electron chi connectivity index (χ3n) is 3.20. The molecule has 2 unspecified atom stereocenters. The molecule has 1 aliphatic carbocycles. The van der Waals surface area contributed by atoms with Crippen LogP contribution in [0.1, 0.15) is 26.2 Å². The topological polar surface area (TPSA) is 12.0 Å². The van der Waals surface area contributed by atoms with E-state index in [0.29, 0.717) is 22.0 Å². The predicted molar refractivity (Wildman–Crippen MR) is 74.6 cm³/mol. The van der Waals surface area contributed by atoms with E-state index in [-0.39, 0.29) is 0 Å². The van der Waals surface area contributed by atoms with Crippen molar-refractivity contribution in [2.45, 2.75) is 32.2 Å². The number of nitrogens with one attached hydrogen (secondary N) is 1. The largest absolute Gasteiger partial charge is 0.380 e. The van der Waals surface area contributed by atoms with Crippen LogP contribution in [0.3, 0.4) is 0 Å². The van der Waals surface area contributed by atoms with Crippen molar-refractivity contribution in [3.05, 3.63) is 26.7 Å². The van der Waals surface area contributed by atoms with Crippen molar-refractivity contribution in [3.63, 3.8) is 0 Å². The molecule has 0 spiro atoms. The molecule has 2 atom stereocenters. The molecular weight excluding hydrogens is 309 g/mol. The van der Waals surface area contributed by atoms with Crippen LogP contribution in [0.25, 0.3) is 0 Å². The van der Waals surface area contributed by atoms with Gasteiger partial charge >= 0.3 is 0 Å². The number of hydrogen-bond donors (Lipinski definition) is 1. The van der Waals surface area contributed by atoms with Crippen LogP contribution in [0.4, 0.5) is 5.69 Å². The molecule has 0 heterocycles. The number of anilines is 1. The van der Waals surface area contributed by atoms with Gasteiger partial charge < -0.3 is 5.32 Å². The zero-order valence-electron chi connectivity index (χ0n) is 9.06. The molecule has 1 saturated carbocycles. The maximum absolute atomic E-state index is 6.18. The number of halogens is 3. The molecule has 1 N–H and O–H groups in total. The fraction of sp³-hybridized carbons (Fsp3) is 0.500. The van der Waals surface area contributed by atoms with Gasteiger partial charge in [0, 0.05) is 10.5 Å². The van der Waals surface area contributed by atoms with Crippen molar-refractivity contribution in [2.24, 2.45) is 5.92 Å². The maximum atomic E-state index is 6.18. The smallest absolute Gasteiger partial charge is 0.0721 e. The van der Waals surface area contributed by atoms with Gasteiger partial charge in [-0.2, -0.15) is 0 Å². The summed E-state index contributed by atoms with van der Waals surface area (Å²) in [6, 6.07) is 4.24. The van der Waals surface area contributed by atoms with Crippen molar-refractivity contribution < 1.29 is 0 Å². The fourth-order valence-electron chi connectivity index (χ4n) is 2.23. The summed E-state index contributed by atoms with van der Waals surface area (Å²) in [5, 5.41) is 4.83. The Bertz CT molecular complexity index is 372. The quantitative estimate of drug-likeness (QED) is 0.773. The minimum Gasteiger partial charge on any atom is -0.380 e. The Morgan fingerprint density at radius 1 is 1.25 bits per heavy atom. The molecule has 16 heavy (non-hydrogen) atoms. The van der Waals surface area contributed by atoms with E-state index < -0.39 is 0 Å². The molecular formula is C12H14BrCl2N. The van der Waals surface area contributed by atoms with E-state index in [1.165, 1.54) is 19.3 Å². The maximum Gasteiger partial charge on any atom is 0.0721 e. The number of benzene rings is 1. The van der Waals surface area contributed by atoms with Gasteiger partial charge in [0.1, 0.15) is 0 Å². The highest BCUT2D eigenvalue weighted by Crippen LogP contribution is 2.37. The van der Waals surface area contributed by atoms with E-state index in [9.17, 15) is 0 Å². The Morgan fingerprint density at radius 2 is 1.88 bits per heavy atom. The predicted octanol–water partition coefficient (Wildman–Crippen LogP) is 5.36. The van der Waals surface area contributed by atoms with E-state index >= 15 is 0 Å². The molecule has 2 rings (SSSR count). The second-order valence-electron chi connectivity index (χ2n) is 4.40. The highest BCUT2D eigenvalue weighted by Gasteiger charge is 2.24. The lowest BCUT2D eigenvalue weighted by Crippen LogP contribution is -2.22. The van der Waals surface area contributed by atoms with Gasteiger partial charge in [-0.3, -0.25) is 0 Å². The summed E-state index contributed by atoms with van der Waals surface area (Å²) in [6.07, 6.45) is 3.76. The molecule has 0 bridgehead atoms. The van der Waals surface area contributed by atoms with E-state index in [0.717, 1.165) is 10.2 Å². The van der Waals surface area contributed by atoms with Crippen molar-refractivity contribution >= 4 is 44.8 Å². The monoisotopic (exact) mass is 321 g/mol. The van der Waals surface area contributed by atoms with Crippen molar-refractivity contribution in [2.75, 3.05) is 5.32 Å². The van der Waals surface area contributed by atoms with E-state index in [1.54, 1.807) is 0 Å². The lowest BCUT2D eigenvalue weighted by Gasteiger charge is -2.20.